The van der Waals surface area contributed by atoms with Crippen LogP contribution in [-0.2, 0) is 4.79 Å². The molecule has 0 radical (unpaired) electrons. The smallest absolute Gasteiger partial charge is 0.319 e. The number of ether oxygens (including phenoxy) is 1. The summed E-state index contributed by atoms with van der Waals surface area (Å²) in [5, 5.41) is 8.74. The van der Waals surface area contributed by atoms with Gasteiger partial charge < -0.3 is 20.7 Å². The second kappa shape index (κ2) is 9.43. The third kappa shape index (κ3) is 6.80. The van der Waals surface area contributed by atoms with Gasteiger partial charge in [0, 0.05) is 37.0 Å². The molecule has 1 heterocycles. The summed E-state index contributed by atoms with van der Waals surface area (Å²) in [7, 11) is 0. The van der Waals surface area contributed by atoms with Crippen LogP contribution in [0.2, 0.25) is 5.02 Å². The summed E-state index contributed by atoms with van der Waals surface area (Å²) >= 11 is 6.27. The number of urea groups is 1. The maximum atomic E-state index is 11.8. The van der Waals surface area contributed by atoms with Gasteiger partial charge in [-0.3, -0.25) is 4.79 Å². The van der Waals surface area contributed by atoms with E-state index in [1.165, 1.54) is 6.92 Å². The van der Waals surface area contributed by atoms with Crippen LogP contribution in [-0.4, -0.2) is 29.0 Å². The normalized spacial score (nSPS) is 14.3. The van der Waals surface area contributed by atoms with Crippen LogP contribution in [0.25, 0.3) is 6.08 Å². The fraction of sp³-hybridized carbons (Fsp3) is 0.286. The number of carbonyl (C=O) groups excluding carboxylic acids is 2. The molecule has 3 N–H and O–H groups in total. The van der Waals surface area contributed by atoms with Gasteiger partial charge in [-0.1, -0.05) is 23.8 Å². The Bertz CT molecular complexity index is 911. The summed E-state index contributed by atoms with van der Waals surface area (Å²) in [5.74, 6) is 0.756. The Kier molecular flexibility index (Phi) is 6.72. The lowest BCUT2D eigenvalue weighted by Crippen LogP contribution is -2.30. The lowest BCUT2D eigenvalue weighted by molar-refractivity contribution is -0.119. The minimum atomic E-state index is -0.240. The van der Waals surface area contributed by atoms with Crippen LogP contribution >= 0.6 is 11.6 Å². The zero-order chi connectivity index (χ0) is 20.8. The van der Waals surface area contributed by atoms with Gasteiger partial charge in [0.1, 0.15) is 5.75 Å². The number of hydrogen-bond acceptors (Lipinski definition) is 4. The molecule has 29 heavy (non-hydrogen) atoms. The fourth-order valence-electron chi connectivity index (χ4n) is 2.53. The molecule has 3 amide bonds. The second-order valence-corrected chi connectivity index (χ2v) is 7.31. The number of amides is 3. The molecule has 0 unspecified atom stereocenters. The van der Waals surface area contributed by atoms with E-state index in [2.05, 4.69) is 20.9 Å². The molecule has 1 aliphatic rings. The van der Waals surface area contributed by atoms with E-state index in [0.717, 1.165) is 18.4 Å². The number of nitrogens with zero attached hydrogens (tertiary/aromatic N) is 1. The number of hydrogen-bond donors (Lipinski definition) is 3. The highest BCUT2D eigenvalue weighted by atomic mass is 35.5. The van der Waals surface area contributed by atoms with E-state index in [-0.39, 0.29) is 24.0 Å². The molecule has 0 spiro atoms. The zero-order valence-electron chi connectivity index (χ0n) is 16.2. The average molecular weight is 415 g/mol. The summed E-state index contributed by atoms with van der Waals surface area (Å²) in [6.07, 6.45) is 7.46. The molecule has 1 aromatic heterocycles. The van der Waals surface area contributed by atoms with Crippen molar-refractivity contribution in [3.05, 3.63) is 53.2 Å². The van der Waals surface area contributed by atoms with Gasteiger partial charge in [0.25, 0.3) is 0 Å². The summed E-state index contributed by atoms with van der Waals surface area (Å²) in [5.41, 5.74) is 1.46. The Labute approximate surface area is 174 Å². The molecule has 1 aliphatic carbocycles. The minimum absolute atomic E-state index is 0.0688. The Morgan fingerprint density at radius 2 is 2.07 bits per heavy atom. The number of carbonyl (C=O) groups is 2. The molecule has 152 valence electrons. The topological polar surface area (TPSA) is 92.4 Å². The maximum absolute atomic E-state index is 11.8. The lowest BCUT2D eigenvalue weighted by Gasteiger charge is -2.10. The van der Waals surface area contributed by atoms with Crippen LogP contribution in [0.5, 0.6) is 11.6 Å². The van der Waals surface area contributed by atoms with Gasteiger partial charge in [0.2, 0.25) is 11.8 Å². The minimum Gasteiger partial charge on any atom is -0.437 e. The van der Waals surface area contributed by atoms with Crippen molar-refractivity contribution in [1.29, 1.82) is 0 Å². The number of anilines is 1. The highest BCUT2D eigenvalue weighted by Crippen LogP contribution is 2.31. The van der Waals surface area contributed by atoms with Crippen LogP contribution in [0.15, 0.2) is 42.6 Å². The number of rotatable bonds is 7. The van der Waals surface area contributed by atoms with Gasteiger partial charge in [0.15, 0.2) is 0 Å². The van der Waals surface area contributed by atoms with Crippen molar-refractivity contribution in [3.63, 3.8) is 0 Å². The van der Waals surface area contributed by atoms with Crippen LogP contribution in [0.4, 0.5) is 10.5 Å². The molecule has 7 nitrogen and oxygen atoms in total. The molecule has 0 aliphatic heterocycles. The van der Waals surface area contributed by atoms with Crippen LogP contribution < -0.4 is 20.7 Å². The first-order valence-electron chi connectivity index (χ1n) is 9.35. The standard InChI is InChI=1S/C21H23ClN4O3/c1-13(24-14(2)27)3-4-15-5-10-20(23-12-15)29-19-9-8-17(11-18(19)22)26-21(28)25-16-6-7-16/h3-5,8-13,16H,6-7H2,1-2H3,(H,24,27)(H2,25,26,28)/b4-3+/t13-/m0/s1. The number of halogens is 1. The quantitative estimate of drug-likeness (QED) is 0.628. The van der Waals surface area contributed by atoms with Crippen molar-refractivity contribution in [3.8, 4) is 11.6 Å². The molecular weight excluding hydrogens is 392 g/mol. The molecule has 0 bridgehead atoms. The zero-order valence-corrected chi connectivity index (χ0v) is 17.0. The van der Waals surface area contributed by atoms with Crippen molar-refractivity contribution in [2.24, 2.45) is 0 Å². The monoisotopic (exact) mass is 414 g/mol. The van der Waals surface area contributed by atoms with E-state index in [1.807, 2.05) is 25.1 Å². The van der Waals surface area contributed by atoms with E-state index < -0.39 is 0 Å². The van der Waals surface area contributed by atoms with E-state index in [9.17, 15) is 9.59 Å². The van der Waals surface area contributed by atoms with Crippen molar-refractivity contribution >= 4 is 35.3 Å². The van der Waals surface area contributed by atoms with Crippen molar-refractivity contribution in [2.45, 2.75) is 38.8 Å². The van der Waals surface area contributed by atoms with E-state index in [1.54, 1.807) is 30.5 Å². The number of pyridine rings is 1. The summed E-state index contributed by atoms with van der Waals surface area (Å²) < 4.78 is 5.72. The summed E-state index contributed by atoms with van der Waals surface area (Å²) in [6, 6.07) is 8.58. The number of nitrogens with one attached hydrogen (secondary N) is 3. The molecule has 1 aromatic carbocycles. The lowest BCUT2D eigenvalue weighted by atomic mass is 10.2. The van der Waals surface area contributed by atoms with Crippen LogP contribution in [0.3, 0.4) is 0 Å². The molecule has 1 saturated carbocycles. The fourth-order valence-corrected chi connectivity index (χ4v) is 2.75. The predicted molar refractivity (Wildman–Crippen MR) is 113 cm³/mol. The first-order chi connectivity index (χ1) is 13.9. The summed E-state index contributed by atoms with van der Waals surface area (Å²) in [6.45, 7) is 3.37. The van der Waals surface area contributed by atoms with Crippen molar-refractivity contribution in [1.82, 2.24) is 15.6 Å². The Hall–Kier alpha value is -3.06. The molecule has 1 atom stereocenters. The molecule has 8 heteroatoms. The van der Waals surface area contributed by atoms with Gasteiger partial charge in [-0.15, -0.1) is 0 Å². The maximum Gasteiger partial charge on any atom is 0.319 e. The first-order valence-corrected chi connectivity index (χ1v) is 9.73. The number of benzene rings is 1. The molecule has 0 saturated heterocycles. The SMILES string of the molecule is CC(=O)N[C@@H](C)/C=C/c1ccc(Oc2ccc(NC(=O)NC3CC3)cc2Cl)nc1. The molecule has 1 fully saturated rings. The highest BCUT2D eigenvalue weighted by Gasteiger charge is 2.23. The highest BCUT2D eigenvalue weighted by molar-refractivity contribution is 6.32. The first kappa shape index (κ1) is 20.7. The molecule has 2 aromatic rings. The Morgan fingerprint density at radius 3 is 2.69 bits per heavy atom. The Morgan fingerprint density at radius 1 is 1.28 bits per heavy atom. The van der Waals surface area contributed by atoms with Crippen molar-refractivity contribution < 1.29 is 14.3 Å². The van der Waals surface area contributed by atoms with E-state index in [0.29, 0.717) is 22.3 Å². The third-order valence-corrected chi connectivity index (χ3v) is 4.38. The third-order valence-electron chi connectivity index (χ3n) is 4.08. The average Bonchev–Trinajstić information content (AvgIpc) is 3.46. The Balaban J connectivity index is 1.57. The number of aromatic nitrogens is 1. The second-order valence-electron chi connectivity index (χ2n) is 6.90. The van der Waals surface area contributed by atoms with Gasteiger partial charge in [-0.05, 0) is 49.6 Å². The van der Waals surface area contributed by atoms with Gasteiger partial charge in [-0.25, -0.2) is 9.78 Å². The predicted octanol–water partition coefficient (Wildman–Crippen LogP) is 4.35. The molecular formula is C21H23ClN4O3. The van der Waals surface area contributed by atoms with Gasteiger partial charge in [0.05, 0.1) is 5.02 Å². The van der Waals surface area contributed by atoms with Crippen LogP contribution in [0, 0.1) is 0 Å². The van der Waals surface area contributed by atoms with E-state index >= 15 is 0 Å². The van der Waals surface area contributed by atoms with Gasteiger partial charge >= 0.3 is 6.03 Å². The van der Waals surface area contributed by atoms with E-state index in [4.69, 9.17) is 16.3 Å². The summed E-state index contributed by atoms with van der Waals surface area (Å²) in [4.78, 5) is 27.1. The molecule has 3 rings (SSSR count). The largest absolute Gasteiger partial charge is 0.437 e. The van der Waals surface area contributed by atoms with Gasteiger partial charge in [-0.2, -0.15) is 0 Å². The van der Waals surface area contributed by atoms with Crippen LogP contribution in [0.1, 0.15) is 32.3 Å². The van der Waals surface area contributed by atoms with Crippen molar-refractivity contribution in [2.75, 3.05) is 5.32 Å².